The lowest BCUT2D eigenvalue weighted by molar-refractivity contribution is 0.174. The van der Waals surface area contributed by atoms with Crippen LogP contribution in [0.1, 0.15) is 12.5 Å². The molecule has 1 N–H and O–H groups in total. The normalized spacial score (nSPS) is 12.6. The van der Waals surface area contributed by atoms with Gasteiger partial charge in [0.2, 0.25) is 0 Å². The average molecular weight is 259 g/mol. The first-order valence-corrected chi connectivity index (χ1v) is 5.42. The van der Waals surface area contributed by atoms with Gasteiger partial charge in [0.15, 0.2) is 0 Å². The van der Waals surface area contributed by atoms with Crippen LogP contribution >= 0.6 is 15.9 Å². The molecule has 0 aliphatic rings. The van der Waals surface area contributed by atoms with E-state index in [1.165, 1.54) is 0 Å². The molecule has 0 fully saturated rings. The Kier molecular flexibility index (Phi) is 4.42. The molecule has 0 saturated heterocycles. The van der Waals surface area contributed by atoms with E-state index in [-0.39, 0.29) is 12.5 Å². The number of ether oxygens (including phenoxy) is 1. The fraction of sp³-hybridized carbons (Fsp3) is 0.455. The van der Waals surface area contributed by atoms with Crippen LogP contribution in [0.2, 0.25) is 0 Å². The van der Waals surface area contributed by atoms with Gasteiger partial charge in [-0.3, -0.25) is 0 Å². The van der Waals surface area contributed by atoms with Crippen molar-refractivity contribution in [1.82, 2.24) is 0 Å². The highest BCUT2D eigenvalue weighted by Crippen LogP contribution is 2.23. The fourth-order valence-electron chi connectivity index (χ4n) is 1.01. The monoisotopic (exact) mass is 258 g/mol. The second-order valence-corrected chi connectivity index (χ2v) is 4.42. The van der Waals surface area contributed by atoms with Gasteiger partial charge < -0.3 is 9.84 Å². The number of rotatable bonds is 4. The van der Waals surface area contributed by atoms with Gasteiger partial charge >= 0.3 is 0 Å². The average Bonchev–Trinajstić information content (AvgIpc) is 2.19. The van der Waals surface area contributed by atoms with Crippen LogP contribution in [-0.4, -0.2) is 18.3 Å². The third kappa shape index (κ3) is 3.31. The Labute approximate surface area is 93.0 Å². The Balaban J connectivity index is 2.62. The minimum atomic E-state index is 0.160. The number of halogens is 1. The van der Waals surface area contributed by atoms with Crippen LogP contribution in [0.4, 0.5) is 0 Å². The van der Waals surface area contributed by atoms with Gasteiger partial charge in [-0.05, 0) is 24.6 Å². The highest BCUT2D eigenvalue weighted by molar-refractivity contribution is 9.10. The minimum absolute atomic E-state index is 0.160. The quantitative estimate of drug-likeness (QED) is 0.900. The zero-order chi connectivity index (χ0) is 10.6. The molecule has 0 aromatic heterocycles. The molecule has 1 aromatic rings. The summed E-state index contributed by atoms with van der Waals surface area (Å²) >= 11 is 3.39. The molecule has 3 heteroatoms. The summed E-state index contributed by atoms with van der Waals surface area (Å²) in [5.41, 5.74) is 1.11. The smallest absolute Gasteiger partial charge is 0.123 e. The summed E-state index contributed by atoms with van der Waals surface area (Å²) in [6.07, 6.45) is 0. The largest absolute Gasteiger partial charge is 0.493 e. The molecule has 1 rings (SSSR count). The van der Waals surface area contributed by atoms with Crippen LogP contribution in [0.25, 0.3) is 0 Å². The molecule has 0 aliphatic carbocycles. The minimum Gasteiger partial charge on any atom is -0.493 e. The number of aryl methyl sites for hydroxylation is 1. The lowest BCUT2D eigenvalue weighted by atomic mass is 10.2. The number of aliphatic hydroxyl groups is 1. The number of aliphatic hydroxyl groups excluding tert-OH is 1. The van der Waals surface area contributed by atoms with Gasteiger partial charge in [-0.25, -0.2) is 0 Å². The topological polar surface area (TPSA) is 29.5 Å². The third-order valence-corrected chi connectivity index (χ3v) is 2.48. The molecule has 1 unspecified atom stereocenters. The van der Waals surface area contributed by atoms with E-state index in [1.807, 2.05) is 32.0 Å². The summed E-state index contributed by atoms with van der Waals surface area (Å²) in [4.78, 5) is 0. The van der Waals surface area contributed by atoms with Crippen molar-refractivity contribution in [2.24, 2.45) is 5.92 Å². The van der Waals surface area contributed by atoms with Crippen molar-refractivity contribution in [1.29, 1.82) is 0 Å². The van der Waals surface area contributed by atoms with Crippen molar-refractivity contribution in [2.75, 3.05) is 13.2 Å². The van der Waals surface area contributed by atoms with Gasteiger partial charge in [0.05, 0.1) is 6.61 Å². The maximum atomic E-state index is 8.85. The van der Waals surface area contributed by atoms with Crippen molar-refractivity contribution in [3.8, 4) is 5.75 Å². The van der Waals surface area contributed by atoms with Crippen molar-refractivity contribution in [3.63, 3.8) is 0 Å². The van der Waals surface area contributed by atoms with Crippen molar-refractivity contribution in [2.45, 2.75) is 13.8 Å². The van der Waals surface area contributed by atoms with E-state index in [4.69, 9.17) is 9.84 Å². The zero-order valence-electron chi connectivity index (χ0n) is 8.46. The van der Waals surface area contributed by atoms with Crippen LogP contribution in [0, 0.1) is 12.8 Å². The van der Waals surface area contributed by atoms with Crippen LogP contribution < -0.4 is 4.74 Å². The first-order valence-electron chi connectivity index (χ1n) is 4.63. The zero-order valence-corrected chi connectivity index (χ0v) is 10.0. The standard InChI is InChI=1S/C11H15BrO2/c1-8(6-13)7-14-11-5-10(12)4-3-9(11)2/h3-5,8,13H,6-7H2,1-2H3. The summed E-state index contributed by atoms with van der Waals surface area (Å²) in [7, 11) is 0. The van der Waals surface area contributed by atoms with Crippen LogP contribution in [-0.2, 0) is 0 Å². The van der Waals surface area contributed by atoms with Gasteiger partial charge in [0, 0.05) is 17.0 Å². The summed E-state index contributed by atoms with van der Waals surface area (Å²) in [5.74, 6) is 1.05. The highest BCUT2D eigenvalue weighted by Gasteiger charge is 2.04. The van der Waals surface area contributed by atoms with E-state index in [0.717, 1.165) is 15.8 Å². The third-order valence-electron chi connectivity index (χ3n) is 1.99. The second-order valence-electron chi connectivity index (χ2n) is 3.51. The molecule has 0 bridgehead atoms. The predicted octanol–water partition coefficient (Wildman–Crippen LogP) is 2.76. The van der Waals surface area contributed by atoms with E-state index in [1.54, 1.807) is 0 Å². The summed E-state index contributed by atoms with van der Waals surface area (Å²) in [6.45, 7) is 4.67. The van der Waals surface area contributed by atoms with Crippen molar-refractivity contribution >= 4 is 15.9 Å². The van der Waals surface area contributed by atoms with Crippen LogP contribution in [0.15, 0.2) is 22.7 Å². The van der Waals surface area contributed by atoms with Gasteiger partial charge in [0.25, 0.3) is 0 Å². The Morgan fingerprint density at radius 1 is 1.50 bits per heavy atom. The highest BCUT2D eigenvalue weighted by atomic mass is 79.9. The maximum Gasteiger partial charge on any atom is 0.123 e. The molecule has 2 nitrogen and oxygen atoms in total. The Bertz CT molecular complexity index is 299. The molecule has 78 valence electrons. The molecule has 0 saturated carbocycles. The van der Waals surface area contributed by atoms with Gasteiger partial charge in [-0.2, -0.15) is 0 Å². The molecular formula is C11H15BrO2. The SMILES string of the molecule is Cc1ccc(Br)cc1OCC(C)CO. The fourth-order valence-corrected chi connectivity index (χ4v) is 1.35. The second kappa shape index (κ2) is 5.37. The van der Waals surface area contributed by atoms with Gasteiger partial charge in [-0.1, -0.05) is 28.9 Å². The lowest BCUT2D eigenvalue weighted by Crippen LogP contribution is -2.12. The molecular weight excluding hydrogens is 244 g/mol. The number of benzene rings is 1. The first kappa shape index (κ1) is 11.5. The molecule has 0 spiro atoms. The molecule has 1 aromatic carbocycles. The molecule has 14 heavy (non-hydrogen) atoms. The van der Waals surface area contributed by atoms with Gasteiger partial charge in [-0.15, -0.1) is 0 Å². The van der Waals surface area contributed by atoms with E-state index in [9.17, 15) is 0 Å². The van der Waals surface area contributed by atoms with E-state index in [0.29, 0.717) is 6.61 Å². The Hall–Kier alpha value is -0.540. The van der Waals surface area contributed by atoms with Crippen LogP contribution in [0.3, 0.4) is 0 Å². The number of hydrogen-bond acceptors (Lipinski definition) is 2. The van der Waals surface area contributed by atoms with E-state index in [2.05, 4.69) is 15.9 Å². The molecule has 0 radical (unpaired) electrons. The summed E-state index contributed by atoms with van der Waals surface area (Å²) in [6, 6.07) is 5.93. The lowest BCUT2D eigenvalue weighted by Gasteiger charge is -2.12. The molecule has 0 amide bonds. The van der Waals surface area contributed by atoms with Crippen molar-refractivity contribution in [3.05, 3.63) is 28.2 Å². The Morgan fingerprint density at radius 2 is 2.21 bits per heavy atom. The first-order chi connectivity index (χ1) is 6.63. The van der Waals surface area contributed by atoms with E-state index < -0.39 is 0 Å². The predicted molar refractivity (Wildman–Crippen MR) is 60.6 cm³/mol. The summed E-state index contributed by atoms with van der Waals surface area (Å²) < 4.78 is 6.59. The Morgan fingerprint density at radius 3 is 2.86 bits per heavy atom. The number of hydrogen-bond donors (Lipinski definition) is 1. The summed E-state index contributed by atoms with van der Waals surface area (Å²) in [5, 5.41) is 8.85. The molecule has 0 aliphatic heterocycles. The van der Waals surface area contributed by atoms with Crippen molar-refractivity contribution < 1.29 is 9.84 Å². The van der Waals surface area contributed by atoms with Gasteiger partial charge in [0.1, 0.15) is 5.75 Å². The van der Waals surface area contributed by atoms with E-state index >= 15 is 0 Å². The maximum absolute atomic E-state index is 8.85. The molecule has 1 atom stereocenters. The van der Waals surface area contributed by atoms with Crippen LogP contribution in [0.5, 0.6) is 5.75 Å². The molecule has 0 heterocycles.